The molecule has 1 aromatic rings. The molecule has 10 heavy (non-hydrogen) atoms. The largest absolute Gasteiger partial charge is 0.392 e. The first-order valence-electron chi connectivity index (χ1n) is 2.94. The average Bonchev–Trinajstić information content (AvgIpc) is 2.05. The van der Waals surface area contributed by atoms with E-state index in [2.05, 4.69) is 5.11 Å². The van der Waals surface area contributed by atoms with Crippen LogP contribution >= 0.6 is 0 Å². The topological polar surface area (TPSA) is 56.4 Å². The highest BCUT2D eigenvalue weighted by atomic mass is 16.3. The van der Waals surface area contributed by atoms with Gasteiger partial charge in [0.05, 0.1) is 12.3 Å². The Balaban J connectivity index is 2.98. The fourth-order valence-electron chi connectivity index (χ4n) is 0.724. The molecule has 0 saturated heterocycles. The van der Waals surface area contributed by atoms with Crippen LogP contribution < -0.4 is 0 Å². The van der Waals surface area contributed by atoms with E-state index in [1.807, 2.05) is 0 Å². The Morgan fingerprint density at radius 3 is 2.90 bits per heavy atom. The van der Waals surface area contributed by atoms with E-state index in [1.54, 1.807) is 24.3 Å². The van der Waals surface area contributed by atoms with Gasteiger partial charge in [-0.2, -0.15) is 5.11 Å². The summed E-state index contributed by atoms with van der Waals surface area (Å²) in [6.07, 6.45) is 0. The molecule has 0 unspecified atom stereocenters. The zero-order valence-corrected chi connectivity index (χ0v) is 5.41. The van der Waals surface area contributed by atoms with Gasteiger partial charge in [-0.25, -0.2) is 5.53 Å². The maximum atomic E-state index is 8.65. The Hall–Kier alpha value is -1.22. The average molecular weight is 136 g/mol. The van der Waals surface area contributed by atoms with Crippen molar-refractivity contribution in [3.05, 3.63) is 29.8 Å². The van der Waals surface area contributed by atoms with Crippen LogP contribution in [-0.4, -0.2) is 5.11 Å². The molecule has 0 aromatic heterocycles. The summed E-state index contributed by atoms with van der Waals surface area (Å²) in [4.78, 5) is 0. The van der Waals surface area contributed by atoms with Crippen LogP contribution in [0.5, 0.6) is 0 Å². The van der Waals surface area contributed by atoms with Crippen molar-refractivity contribution < 1.29 is 5.11 Å². The van der Waals surface area contributed by atoms with Crippen molar-refractivity contribution in [1.82, 2.24) is 0 Å². The van der Waals surface area contributed by atoms with Gasteiger partial charge in [0.25, 0.3) is 0 Å². The molecule has 0 aliphatic rings. The summed E-state index contributed by atoms with van der Waals surface area (Å²) in [7, 11) is 0. The van der Waals surface area contributed by atoms with Gasteiger partial charge < -0.3 is 5.11 Å². The number of rotatable bonds is 2. The van der Waals surface area contributed by atoms with Gasteiger partial charge in [-0.05, 0) is 17.7 Å². The Bertz CT molecular complexity index is 235. The standard InChI is InChI=1S/C7H8N2O/c8-9-7-3-1-2-6(4-7)5-10/h1-4,8,10H,5H2. The van der Waals surface area contributed by atoms with Gasteiger partial charge in [-0.3, -0.25) is 0 Å². The highest BCUT2D eigenvalue weighted by Crippen LogP contribution is 2.12. The summed E-state index contributed by atoms with van der Waals surface area (Å²) < 4.78 is 0. The molecule has 0 heterocycles. The van der Waals surface area contributed by atoms with Gasteiger partial charge in [-0.15, -0.1) is 0 Å². The molecule has 1 aromatic carbocycles. The maximum Gasteiger partial charge on any atom is 0.0853 e. The smallest absolute Gasteiger partial charge is 0.0853 e. The third-order valence-corrected chi connectivity index (χ3v) is 1.22. The lowest BCUT2D eigenvalue weighted by molar-refractivity contribution is 0.282. The van der Waals surface area contributed by atoms with Crippen LogP contribution in [0.25, 0.3) is 0 Å². The molecule has 3 heteroatoms. The van der Waals surface area contributed by atoms with Gasteiger partial charge in [0.2, 0.25) is 0 Å². The number of aliphatic hydroxyl groups is 1. The SMILES string of the molecule is N=Nc1cccc(CO)c1. The molecule has 3 nitrogen and oxygen atoms in total. The molecule has 0 atom stereocenters. The van der Waals surface area contributed by atoms with E-state index in [4.69, 9.17) is 10.6 Å². The molecule has 0 aliphatic heterocycles. The zero-order valence-electron chi connectivity index (χ0n) is 5.41. The fraction of sp³-hybridized carbons (Fsp3) is 0.143. The molecule has 2 N–H and O–H groups in total. The molecule has 0 amide bonds. The Kier molecular flexibility index (Phi) is 2.12. The second kappa shape index (κ2) is 3.08. The van der Waals surface area contributed by atoms with E-state index >= 15 is 0 Å². The number of benzene rings is 1. The molecular weight excluding hydrogens is 128 g/mol. The lowest BCUT2D eigenvalue weighted by atomic mass is 10.2. The number of hydrogen-bond donors (Lipinski definition) is 2. The molecule has 0 aliphatic carbocycles. The predicted octanol–water partition coefficient (Wildman–Crippen LogP) is 1.84. The molecule has 0 radical (unpaired) electrons. The van der Waals surface area contributed by atoms with Crippen molar-refractivity contribution in [2.45, 2.75) is 6.61 Å². The van der Waals surface area contributed by atoms with Crippen molar-refractivity contribution >= 4 is 5.69 Å². The molecule has 1 rings (SSSR count). The van der Waals surface area contributed by atoms with E-state index in [9.17, 15) is 0 Å². The monoisotopic (exact) mass is 136 g/mol. The first kappa shape index (κ1) is 6.89. The molecule has 52 valence electrons. The lowest BCUT2D eigenvalue weighted by Crippen LogP contribution is -1.79. The minimum atomic E-state index is 0.00333. The number of nitrogens with zero attached hydrogens (tertiary/aromatic N) is 1. The summed E-state index contributed by atoms with van der Waals surface area (Å²) in [6.45, 7) is 0.00333. The predicted molar refractivity (Wildman–Crippen MR) is 37.2 cm³/mol. The van der Waals surface area contributed by atoms with Gasteiger partial charge in [0.15, 0.2) is 0 Å². The molecule has 0 spiro atoms. The highest BCUT2D eigenvalue weighted by Gasteiger charge is 1.90. The van der Waals surface area contributed by atoms with E-state index in [-0.39, 0.29) is 6.61 Å². The second-order valence-corrected chi connectivity index (χ2v) is 1.94. The Morgan fingerprint density at radius 2 is 2.30 bits per heavy atom. The third-order valence-electron chi connectivity index (χ3n) is 1.22. The summed E-state index contributed by atoms with van der Waals surface area (Å²) in [5.74, 6) is 0. The van der Waals surface area contributed by atoms with Crippen molar-refractivity contribution in [3.63, 3.8) is 0 Å². The van der Waals surface area contributed by atoms with Crippen LogP contribution in [0.4, 0.5) is 5.69 Å². The van der Waals surface area contributed by atoms with E-state index in [1.165, 1.54) is 0 Å². The Morgan fingerprint density at radius 1 is 1.50 bits per heavy atom. The third kappa shape index (κ3) is 1.39. The van der Waals surface area contributed by atoms with Gasteiger partial charge in [0.1, 0.15) is 0 Å². The second-order valence-electron chi connectivity index (χ2n) is 1.94. The summed E-state index contributed by atoms with van der Waals surface area (Å²) in [5, 5.41) is 11.9. The number of nitrogens with one attached hydrogen (secondary N) is 1. The first-order valence-corrected chi connectivity index (χ1v) is 2.94. The maximum absolute atomic E-state index is 8.65. The highest BCUT2D eigenvalue weighted by molar-refractivity contribution is 5.38. The van der Waals surface area contributed by atoms with E-state index in [0.29, 0.717) is 5.69 Å². The van der Waals surface area contributed by atoms with Crippen LogP contribution in [0.2, 0.25) is 0 Å². The number of aliphatic hydroxyl groups excluding tert-OH is 1. The van der Waals surface area contributed by atoms with Crippen LogP contribution in [0, 0.1) is 5.53 Å². The van der Waals surface area contributed by atoms with Crippen LogP contribution in [0.1, 0.15) is 5.56 Å². The molecular formula is C7H8N2O. The normalized spacial score (nSPS) is 9.30. The summed E-state index contributed by atoms with van der Waals surface area (Å²) in [5.41, 5.74) is 8.02. The minimum Gasteiger partial charge on any atom is -0.392 e. The molecule has 0 fully saturated rings. The quantitative estimate of drug-likeness (QED) is 0.599. The Labute approximate surface area is 58.8 Å². The van der Waals surface area contributed by atoms with Crippen molar-refractivity contribution in [2.75, 3.05) is 0 Å². The van der Waals surface area contributed by atoms with Crippen molar-refractivity contribution in [2.24, 2.45) is 5.11 Å². The summed E-state index contributed by atoms with van der Waals surface area (Å²) in [6, 6.07) is 6.94. The van der Waals surface area contributed by atoms with E-state index < -0.39 is 0 Å². The fourth-order valence-corrected chi connectivity index (χ4v) is 0.724. The molecule has 0 saturated carbocycles. The van der Waals surface area contributed by atoms with Crippen molar-refractivity contribution in [3.8, 4) is 0 Å². The minimum absolute atomic E-state index is 0.00333. The van der Waals surface area contributed by atoms with Crippen LogP contribution in [0.3, 0.4) is 0 Å². The van der Waals surface area contributed by atoms with Crippen LogP contribution in [0.15, 0.2) is 29.4 Å². The van der Waals surface area contributed by atoms with E-state index in [0.717, 1.165) is 5.56 Å². The van der Waals surface area contributed by atoms with Crippen LogP contribution in [-0.2, 0) is 6.61 Å². The van der Waals surface area contributed by atoms with Gasteiger partial charge in [-0.1, -0.05) is 12.1 Å². The first-order chi connectivity index (χ1) is 4.86. The molecule has 0 bridgehead atoms. The summed E-state index contributed by atoms with van der Waals surface area (Å²) >= 11 is 0. The zero-order chi connectivity index (χ0) is 7.40. The van der Waals surface area contributed by atoms with Crippen molar-refractivity contribution in [1.29, 1.82) is 5.53 Å². The van der Waals surface area contributed by atoms with Gasteiger partial charge in [0, 0.05) is 0 Å². The number of hydrogen-bond acceptors (Lipinski definition) is 3. The van der Waals surface area contributed by atoms with Gasteiger partial charge >= 0.3 is 0 Å². The lowest BCUT2D eigenvalue weighted by Gasteiger charge is -1.94.